The van der Waals surface area contributed by atoms with Crippen molar-refractivity contribution in [1.29, 1.82) is 0 Å². The van der Waals surface area contributed by atoms with Gasteiger partial charge in [-0.25, -0.2) is 0 Å². The van der Waals surface area contributed by atoms with Crippen molar-refractivity contribution in [2.24, 2.45) is 11.1 Å². The first-order chi connectivity index (χ1) is 8.52. The lowest BCUT2D eigenvalue weighted by Gasteiger charge is -2.27. The first-order valence-electron chi connectivity index (χ1n) is 6.35. The van der Waals surface area contributed by atoms with E-state index in [1.165, 1.54) is 16.5 Å². The smallest absolute Gasteiger partial charge is 0.0509 e. The van der Waals surface area contributed by atoms with Gasteiger partial charge in [0, 0.05) is 17.1 Å². The fraction of sp³-hybridized carbons (Fsp3) is 0.467. The van der Waals surface area contributed by atoms with Gasteiger partial charge >= 0.3 is 0 Å². The molecule has 1 unspecified atom stereocenters. The Morgan fingerprint density at radius 2 is 2.06 bits per heavy atom. The minimum Gasteiger partial charge on any atom is -0.361 e. The molecule has 0 aliphatic carbocycles. The number of nitrogens with two attached hydrogens (primary N) is 1. The first kappa shape index (κ1) is 13.5. The Kier molecular flexibility index (Phi) is 4.03. The minimum atomic E-state index is 0.227. The summed E-state index contributed by atoms with van der Waals surface area (Å²) in [5.41, 5.74) is 8.90. The monoisotopic (exact) mass is 262 g/mol. The molecule has 98 valence electrons. The highest BCUT2D eigenvalue weighted by atomic mass is 32.2. The van der Waals surface area contributed by atoms with Crippen LogP contribution in [0.3, 0.4) is 0 Å². The van der Waals surface area contributed by atoms with Crippen molar-refractivity contribution in [2.45, 2.75) is 32.1 Å². The summed E-state index contributed by atoms with van der Waals surface area (Å²) >= 11 is 1.74. The van der Waals surface area contributed by atoms with Crippen LogP contribution in [0.4, 0.5) is 0 Å². The molecule has 0 saturated carbocycles. The zero-order valence-corrected chi connectivity index (χ0v) is 12.2. The van der Waals surface area contributed by atoms with Crippen LogP contribution in [0.1, 0.15) is 25.8 Å². The summed E-state index contributed by atoms with van der Waals surface area (Å²) in [5.74, 6) is 0. The van der Waals surface area contributed by atoms with Crippen LogP contribution in [0, 0.1) is 5.41 Å². The van der Waals surface area contributed by atoms with Gasteiger partial charge in [-0.05, 0) is 36.1 Å². The van der Waals surface area contributed by atoms with E-state index in [0.29, 0.717) is 0 Å². The number of aromatic nitrogens is 1. The van der Waals surface area contributed by atoms with E-state index in [1.54, 1.807) is 11.8 Å². The first-order valence-corrected chi connectivity index (χ1v) is 7.64. The average Bonchev–Trinajstić information content (AvgIpc) is 2.71. The lowest BCUT2D eigenvalue weighted by molar-refractivity contribution is 0.331. The standard InChI is InChI=1S/C15H22N2S/c1-15(2,9-14(16)18-3)8-11-10-17-13-7-5-4-6-12(11)13/h4-7,10,14,17H,8-9,16H2,1-3H3. The third kappa shape index (κ3) is 3.09. The van der Waals surface area contributed by atoms with Crippen LogP contribution >= 0.6 is 11.8 Å². The maximum Gasteiger partial charge on any atom is 0.0509 e. The van der Waals surface area contributed by atoms with Crippen molar-refractivity contribution < 1.29 is 0 Å². The molecule has 2 rings (SSSR count). The second kappa shape index (κ2) is 5.37. The highest BCUT2D eigenvalue weighted by molar-refractivity contribution is 7.99. The summed E-state index contributed by atoms with van der Waals surface area (Å²) in [4.78, 5) is 3.34. The summed E-state index contributed by atoms with van der Waals surface area (Å²) in [6.07, 6.45) is 6.31. The lowest BCUT2D eigenvalue weighted by atomic mass is 9.82. The Balaban J connectivity index is 2.18. The van der Waals surface area contributed by atoms with E-state index >= 15 is 0 Å². The van der Waals surface area contributed by atoms with Gasteiger partial charge in [0.2, 0.25) is 0 Å². The van der Waals surface area contributed by atoms with Crippen LogP contribution in [-0.4, -0.2) is 16.6 Å². The Labute approximate surface area is 113 Å². The molecular formula is C15H22N2S. The zero-order chi connectivity index (χ0) is 13.2. The van der Waals surface area contributed by atoms with Crippen molar-refractivity contribution >= 4 is 22.7 Å². The molecule has 0 amide bonds. The molecule has 0 aliphatic rings. The molecule has 0 aliphatic heterocycles. The van der Waals surface area contributed by atoms with Gasteiger partial charge in [0.05, 0.1) is 5.37 Å². The number of aromatic amines is 1. The molecule has 18 heavy (non-hydrogen) atoms. The van der Waals surface area contributed by atoms with Gasteiger partial charge in [-0.1, -0.05) is 32.0 Å². The van der Waals surface area contributed by atoms with E-state index in [9.17, 15) is 0 Å². The topological polar surface area (TPSA) is 41.8 Å². The quantitative estimate of drug-likeness (QED) is 0.805. The Bertz CT molecular complexity index is 516. The van der Waals surface area contributed by atoms with Crippen LogP contribution in [0.15, 0.2) is 30.5 Å². The van der Waals surface area contributed by atoms with Crippen molar-refractivity contribution in [1.82, 2.24) is 4.98 Å². The van der Waals surface area contributed by atoms with Gasteiger partial charge in [-0.2, -0.15) is 0 Å². The van der Waals surface area contributed by atoms with E-state index in [2.05, 4.69) is 55.5 Å². The van der Waals surface area contributed by atoms with Crippen molar-refractivity contribution in [2.75, 3.05) is 6.26 Å². The molecule has 3 N–H and O–H groups in total. The fourth-order valence-corrected chi connectivity index (χ4v) is 3.11. The second-order valence-electron chi connectivity index (χ2n) is 5.68. The SMILES string of the molecule is CSC(N)CC(C)(C)Cc1c[nH]c2ccccc12. The summed E-state index contributed by atoms with van der Waals surface area (Å²) in [5, 5.41) is 1.56. The largest absolute Gasteiger partial charge is 0.361 e. The second-order valence-corrected chi connectivity index (χ2v) is 6.76. The van der Waals surface area contributed by atoms with Crippen molar-refractivity contribution in [3.63, 3.8) is 0 Å². The molecule has 0 radical (unpaired) electrons. The molecule has 0 bridgehead atoms. The average molecular weight is 262 g/mol. The molecule has 1 aromatic carbocycles. The van der Waals surface area contributed by atoms with E-state index in [1.807, 2.05) is 0 Å². The fourth-order valence-electron chi connectivity index (χ4n) is 2.49. The van der Waals surface area contributed by atoms with Crippen LogP contribution in [0.2, 0.25) is 0 Å². The van der Waals surface area contributed by atoms with Crippen LogP contribution in [0.25, 0.3) is 10.9 Å². The van der Waals surface area contributed by atoms with Crippen molar-refractivity contribution in [3.8, 4) is 0 Å². The van der Waals surface area contributed by atoms with Crippen LogP contribution in [0.5, 0.6) is 0 Å². The van der Waals surface area contributed by atoms with Gasteiger partial charge < -0.3 is 10.7 Å². The number of benzene rings is 1. The Morgan fingerprint density at radius 1 is 1.33 bits per heavy atom. The predicted molar refractivity (Wildman–Crippen MR) is 81.9 cm³/mol. The number of nitrogens with one attached hydrogen (secondary N) is 1. The number of para-hydroxylation sites is 1. The molecule has 2 aromatic rings. The molecule has 1 heterocycles. The highest BCUT2D eigenvalue weighted by Gasteiger charge is 2.22. The summed E-state index contributed by atoms with van der Waals surface area (Å²) in [6.45, 7) is 4.59. The maximum absolute atomic E-state index is 6.06. The molecule has 0 saturated heterocycles. The number of hydrogen-bond donors (Lipinski definition) is 2. The summed E-state index contributed by atoms with van der Waals surface area (Å²) in [6, 6.07) is 8.48. The molecule has 1 aromatic heterocycles. The predicted octanol–water partition coefficient (Wildman–Crippen LogP) is 3.77. The third-order valence-electron chi connectivity index (χ3n) is 3.40. The van der Waals surface area contributed by atoms with Crippen molar-refractivity contribution in [3.05, 3.63) is 36.0 Å². The Hall–Kier alpha value is -0.930. The van der Waals surface area contributed by atoms with E-state index in [-0.39, 0.29) is 10.8 Å². The molecule has 2 nitrogen and oxygen atoms in total. The zero-order valence-electron chi connectivity index (χ0n) is 11.4. The number of rotatable bonds is 5. The molecule has 0 spiro atoms. The molecule has 0 fully saturated rings. The molecule has 3 heteroatoms. The number of fused-ring (bicyclic) bond motifs is 1. The lowest BCUT2D eigenvalue weighted by Crippen LogP contribution is -2.26. The number of H-pyrrole nitrogens is 1. The summed E-state index contributed by atoms with van der Waals surface area (Å²) < 4.78 is 0. The number of thioether (sulfide) groups is 1. The molecular weight excluding hydrogens is 240 g/mol. The normalized spacial score (nSPS) is 14.0. The highest BCUT2D eigenvalue weighted by Crippen LogP contribution is 2.32. The molecule has 1 atom stereocenters. The number of hydrogen-bond acceptors (Lipinski definition) is 2. The van der Waals surface area contributed by atoms with Gasteiger partial charge in [-0.3, -0.25) is 0 Å². The third-order valence-corrected chi connectivity index (χ3v) is 4.17. The summed E-state index contributed by atoms with van der Waals surface area (Å²) in [7, 11) is 0. The van der Waals surface area contributed by atoms with E-state index < -0.39 is 0 Å². The van der Waals surface area contributed by atoms with Gasteiger partial charge in [-0.15, -0.1) is 11.8 Å². The van der Waals surface area contributed by atoms with E-state index in [0.717, 1.165) is 12.8 Å². The Morgan fingerprint density at radius 3 is 2.78 bits per heavy atom. The van der Waals surface area contributed by atoms with Gasteiger partial charge in [0.1, 0.15) is 0 Å². The van der Waals surface area contributed by atoms with Crippen LogP contribution in [-0.2, 0) is 6.42 Å². The minimum absolute atomic E-state index is 0.227. The van der Waals surface area contributed by atoms with Gasteiger partial charge in [0.25, 0.3) is 0 Å². The van der Waals surface area contributed by atoms with Gasteiger partial charge in [0.15, 0.2) is 0 Å². The van der Waals surface area contributed by atoms with E-state index in [4.69, 9.17) is 5.73 Å². The maximum atomic E-state index is 6.06. The van der Waals surface area contributed by atoms with Crippen LogP contribution < -0.4 is 5.73 Å².